The van der Waals surface area contributed by atoms with Gasteiger partial charge < -0.3 is 0 Å². The van der Waals surface area contributed by atoms with Crippen molar-refractivity contribution in [3.05, 3.63) is 29.8 Å². The van der Waals surface area contributed by atoms with Crippen molar-refractivity contribution in [2.45, 2.75) is 36.9 Å². The molecule has 20 heavy (non-hydrogen) atoms. The lowest BCUT2D eigenvalue weighted by Gasteiger charge is -2.14. The van der Waals surface area contributed by atoms with Crippen LogP contribution < -0.4 is 4.72 Å². The number of nitrogens with one attached hydrogen (secondary N) is 1. The minimum Gasteiger partial charge on any atom is -0.208 e. The molecule has 0 spiro atoms. The molecule has 1 rings (SSSR count). The molecular weight excluding hydrogens is 359 g/mol. The molecule has 0 heterocycles. The highest BCUT2D eigenvalue weighted by atomic mass is 79.9. The molecule has 0 aliphatic rings. The Bertz CT molecular complexity index is 546. The van der Waals surface area contributed by atoms with Crippen LogP contribution in [0.25, 0.3) is 0 Å². The van der Waals surface area contributed by atoms with Crippen LogP contribution in [-0.4, -0.2) is 19.8 Å². The summed E-state index contributed by atoms with van der Waals surface area (Å²) in [6.07, 6.45) is -3.19. The molecule has 0 radical (unpaired) electrons. The summed E-state index contributed by atoms with van der Waals surface area (Å²) in [5.74, 6) is 0. The zero-order chi connectivity index (χ0) is 15.4. The first-order chi connectivity index (χ1) is 9.16. The first kappa shape index (κ1) is 17.5. The van der Waals surface area contributed by atoms with Gasteiger partial charge in [0.15, 0.2) is 0 Å². The Balaban J connectivity index is 2.93. The summed E-state index contributed by atoms with van der Waals surface area (Å²) >= 11 is 3.23. The van der Waals surface area contributed by atoms with E-state index in [2.05, 4.69) is 20.7 Å². The molecule has 0 amide bonds. The zero-order valence-corrected chi connectivity index (χ0v) is 13.1. The Morgan fingerprint density at radius 3 is 2.55 bits per heavy atom. The maximum atomic E-state index is 12.6. The van der Waals surface area contributed by atoms with Crippen LogP contribution in [0.1, 0.15) is 25.3 Å². The van der Waals surface area contributed by atoms with Crippen molar-refractivity contribution in [1.82, 2.24) is 4.72 Å². The molecule has 114 valence electrons. The van der Waals surface area contributed by atoms with Crippen LogP contribution >= 0.6 is 15.9 Å². The lowest BCUT2D eigenvalue weighted by Crippen LogP contribution is -2.32. The normalized spacial score (nSPS) is 14.2. The molecule has 0 aromatic heterocycles. The minimum atomic E-state index is -4.56. The highest BCUT2D eigenvalue weighted by Crippen LogP contribution is 2.30. The van der Waals surface area contributed by atoms with Crippen LogP contribution in [0.5, 0.6) is 0 Å². The van der Waals surface area contributed by atoms with Crippen LogP contribution in [0.4, 0.5) is 13.2 Å². The number of hydrogen-bond donors (Lipinski definition) is 1. The summed E-state index contributed by atoms with van der Waals surface area (Å²) in [6, 6.07) is 3.37. The minimum absolute atomic E-state index is 0.341. The molecule has 0 saturated heterocycles. The van der Waals surface area contributed by atoms with Gasteiger partial charge in [0.25, 0.3) is 0 Å². The molecular formula is C12H15BrF3NO2S. The van der Waals surface area contributed by atoms with Crippen LogP contribution in [0, 0.1) is 0 Å². The van der Waals surface area contributed by atoms with E-state index in [9.17, 15) is 21.6 Å². The number of benzene rings is 1. The van der Waals surface area contributed by atoms with E-state index in [0.29, 0.717) is 12.5 Å². The molecule has 1 atom stereocenters. The van der Waals surface area contributed by atoms with Crippen LogP contribution in [0.15, 0.2) is 29.2 Å². The predicted molar refractivity (Wildman–Crippen MR) is 74.3 cm³/mol. The van der Waals surface area contributed by atoms with Crippen molar-refractivity contribution >= 4 is 26.0 Å². The van der Waals surface area contributed by atoms with E-state index in [1.165, 1.54) is 0 Å². The number of halogens is 4. The monoisotopic (exact) mass is 373 g/mol. The third-order valence-corrected chi connectivity index (χ3v) is 4.75. The second kappa shape index (κ2) is 6.91. The molecule has 1 N–H and O–H groups in total. The summed E-state index contributed by atoms with van der Waals surface area (Å²) in [5.41, 5.74) is -0.978. The number of alkyl halides is 4. The first-order valence-corrected chi connectivity index (χ1v) is 8.53. The smallest absolute Gasteiger partial charge is 0.208 e. The van der Waals surface area contributed by atoms with Crippen molar-refractivity contribution in [3.63, 3.8) is 0 Å². The fraction of sp³-hybridized carbons (Fsp3) is 0.500. The second-order valence-corrected chi connectivity index (χ2v) is 6.89. The van der Waals surface area contributed by atoms with Gasteiger partial charge in [-0.05, 0) is 38.0 Å². The van der Waals surface area contributed by atoms with Gasteiger partial charge in [-0.15, -0.1) is 0 Å². The Kier molecular flexibility index (Phi) is 6.03. The van der Waals surface area contributed by atoms with E-state index in [0.717, 1.165) is 30.0 Å². The van der Waals surface area contributed by atoms with Gasteiger partial charge in [0, 0.05) is 11.4 Å². The molecule has 3 nitrogen and oxygen atoms in total. The van der Waals surface area contributed by atoms with Crippen LogP contribution in [0.2, 0.25) is 0 Å². The Morgan fingerprint density at radius 1 is 1.35 bits per heavy atom. The van der Waals surface area contributed by atoms with Crippen molar-refractivity contribution in [1.29, 1.82) is 0 Å². The third-order valence-electron chi connectivity index (χ3n) is 2.60. The molecule has 1 unspecified atom stereocenters. The fourth-order valence-corrected chi connectivity index (χ4v) is 3.26. The standard InChI is InChI=1S/C12H15BrF3NO2S/c1-9(4-3-7-13)17-20(18,19)11-6-2-5-10(8-11)12(14,15)16/h2,5-6,8-9,17H,3-4,7H2,1H3. The molecule has 0 bridgehead atoms. The van der Waals surface area contributed by atoms with Gasteiger partial charge in [-0.25, -0.2) is 13.1 Å². The SMILES string of the molecule is CC(CCCBr)NS(=O)(=O)c1cccc(C(F)(F)F)c1. The average molecular weight is 374 g/mol. The molecule has 1 aromatic rings. The van der Waals surface area contributed by atoms with Gasteiger partial charge in [0.05, 0.1) is 10.5 Å². The summed E-state index contributed by atoms with van der Waals surface area (Å²) in [7, 11) is -3.94. The van der Waals surface area contributed by atoms with Gasteiger partial charge in [-0.3, -0.25) is 0 Å². The quantitative estimate of drug-likeness (QED) is 0.775. The fourth-order valence-electron chi connectivity index (χ4n) is 1.61. The van der Waals surface area contributed by atoms with E-state index < -0.39 is 21.8 Å². The van der Waals surface area contributed by atoms with Crippen LogP contribution in [0.3, 0.4) is 0 Å². The zero-order valence-electron chi connectivity index (χ0n) is 10.7. The highest BCUT2D eigenvalue weighted by molar-refractivity contribution is 9.09. The maximum Gasteiger partial charge on any atom is 0.416 e. The van der Waals surface area contributed by atoms with Gasteiger partial charge in [-0.1, -0.05) is 22.0 Å². The van der Waals surface area contributed by atoms with E-state index in [4.69, 9.17) is 0 Å². The summed E-state index contributed by atoms with van der Waals surface area (Å²) in [4.78, 5) is -0.377. The molecule has 0 saturated carbocycles. The van der Waals surface area contributed by atoms with Gasteiger partial charge in [0.1, 0.15) is 0 Å². The topological polar surface area (TPSA) is 46.2 Å². The Hall–Kier alpha value is -0.600. The Morgan fingerprint density at radius 2 is 2.00 bits per heavy atom. The predicted octanol–water partition coefficient (Wildman–Crippen LogP) is 3.55. The lowest BCUT2D eigenvalue weighted by atomic mass is 10.2. The molecule has 8 heteroatoms. The lowest BCUT2D eigenvalue weighted by molar-refractivity contribution is -0.137. The van der Waals surface area contributed by atoms with E-state index in [-0.39, 0.29) is 10.9 Å². The largest absolute Gasteiger partial charge is 0.416 e. The van der Waals surface area contributed by atoms with Gasteiger partial charge in [-0.2, -0.15) is 13.2 Å². The second-order valence-electron chi connectivity index (χ2n) is 4.38. The van der Waals surface area contributed by atoms with Crippen molar-refractivity contribution in [2.24, 2.45) is 0 Å². The van der Waals surface area contributed by atoms with Gasteiger partial charge in [0.2, 0.25) is 10.0 Å². The van der Waals surface area contributed by atoms with Crippen molar-refractivity contribution < 1.29 is 21.6 Å². The highest BCUT2D eigenvalue weighted by Gasteiger charge is 2.31. The summed E-state index contributed by atoms with van der Waals surface area (Å²) < 4.78 is 64.1. The third kappa shape index (κ3) is 5.06. The average Bonchev–Trinajstić information content (AvgIpc) is 2.35. The molecule has 1 aromatic carbocycles. The maximum absolute atomic E-state index is 12.6. The van der Waals surface area contributed by atoms with E-state index >= 15 is 0 Å². The van der Waals surface area contributed by atoms with Crippen molar-refractivity contribution in [2.75, 3.05) is 5.33 Å². The number of sulfonamides is 1. The van der Waals surface area contributed by atoms with Crippen LogP contribution in [-0.2, 0) is 16.2 Å². The number of hydrogen-bond acceptors (Lipinski definition) is 2. The molecule has 0 aliphatic heterocycles. The summed E-state index contributed by atoms with van der Waals surface area (Å²) in [6.45, 7) is 1.67. The van der Waals surface area contributed by atoms with Gasteiger partial charge >= 0.3 is 6.18 Å². The van der Waals surface area contributed by atoms with E-state index in [1.54, 1.807) is 6.92 Å². The Labute approximate surface area is 124 Å². The number of rotatable bonds is 6. The van der Waals surface area contributed by atoms with E-state index in [1.807, 2.05) is 0 Å². The molecule has 0 aliphatic carbocycles. The van der Waals surface area contributed by atoms with Crippen molar-refractivity contribution in [3.8, 4) is 0 Å². The summed E-state index contributed by atoms with van der Waals surface area (Å²) in [5, 5.41) is 0.739. The molecule has 0 fully saturated rings. The first-order valence-electron chi connectivity index (χ1n) is 5.92.